The van der Waals surface area contributed by atoms with E-state index < -0.39 is 17.8 Å². The van der Waals surface area contributed by atoms with Gasteiger partial charge in [-0.15, -0.1) is 0 Å². The summed E-state index contributed by atoms with van der Waals surface area (Å²) >= 11 is 0. The van der Waals surface area contributed by atoms with Gasteiger partial charge in [0.2, 0.25) is 5.91 Å². The van der Waals surface area contributed by atoms with Crippen LogP contribution >= 0.6 is 0 Å². The van der Waals surface area contributed by atoms with E-state index in [1.54, 1.807) is 49.6 Å². The van der Waals surface area contributed by atoms with E-state index in [1.165, 1.54) is 29.2 Å². The third-order valence-corrected chi connectivity index (χ3v) is 5.31. The van der Waals surface area contributed by atoms with E-state index in [1.807, 2.05) is 0 Å². The van der Waals surface area contributed by atoms with Crippen molar-refractivity contribution in [2.45, 2.75) is 19.5 Å². The van der Waals surface area contributed by atoms with Gasteiger partial charge < -0.3 is 14.8 Å². The van der Waals surface area contributed by atoms with Gasteiger partial charge in [-0.2, -0.15) is 0 Å². The first kappa shape index (κ1) is 22.9. The average molecular weight is 463 g/mol. The topological polar surface area (TPSA) is 97.8 Å². The lowest BCUT2D eigenvalue weighted by Crippen LogP contribution is -2.51. The number of ether oxygens (including phenoxy) is 2. The third kappa shape index (κ3) is 5.20. The number of hydrogen-bond donors (Lipinski definition) is 1. The summed E-state index contributed by atoms with van der Waals surface area (Å²) in [4.78, 5) is 43.4. The fourth-order valence-corrected chi connectivity index (χ4v) is 3.51. The Labute approximate surface area is 195 Å². The summed E-state index contributed by atoms with van der Waals surface area (Å²) in [5.74, 6) is -0.994. The molecule has 0 saturated carbocycles. The number of anilines is 1. The lowest BCUT2D eigenvalue weighted by Gasteiger charge is -2.33. The zero-order valence-electron chi connectivity index (χ0n) is 18.4. The van der Waals surface area contributed by atoms with Gasteiger partial charge in [0.15, 0.2) is 19.0 Å². The van der Waals surface area contributed by atoms with Crippen LogP contribution in [0.5, 0.6) is 11.5 Å². The Balaban J connectivity index is 1.49. The zero-order valence-corrected chi connectivity index (χ0v) is 18.4. The number of pyridine rings is 1. The van der Waals surface area contributed by atoms with Gasteiger partial charge >= 0.3 is 0 Å². The van der Waals surface area contributed by atoms with Crippen LogP contribution in [0, 0.1) is 5.82 Å². The highest BCUT2D eigenvalue weighted by Crippen LogP contribution is 2.34. The molecule has 8 nitrogen and oxygen atoms in total. The largest absolute Gasteiger partial charge is 0.485 e. The van der Waals surface area contributed by atoms with Crippen molar-refractivity contribution >= 4 is 23.3 Å². The molecule has 3 aromatic rings. The second-order valence-electron chi connectivity index (χ2n) is 7.65. The number of ketones is 1. The van der Waals surface area contributed by atoms with Crippen molar-refractivity contribution in [1.29, 1.82) is 0 Å². The molecular formula is C25H22FN3O5. The number of nitrogens with one attached hydrogen (secondary N) is 1. The van der Waals surface area contributed by atoms with E-state index in [9.17, 15) is 18.8 Å². The molecule has 1 aliphatic heterocycles. The van der Waals surface area contributed by atoms with E-state index in [0.29, 0.717) is 11.4 Å². The summed E-state index contributed by atoms with van der Waals surface area (Å²) in [5.41, 5.74) is 1.46. The van der Waals surface area contributed by atoms with E-state index in [-0.39, 0.29) is 42.8 Å². The molecule has 0 saturated heterocycles. The van der Waals surface area contributed by atoms with Crippen LogP contribution in [-0.2, 0) is 16.1 Å². The van der Waals surface area contributed by atoms with Crippen molar-refractivity contribution in [2.75, 3.05) is 18.1 Å². The van der Waals surface area contributed by atoms with E-state index in [0.717, 1.165) is 5.56 Å². The maximum absolute atomic E-state index is 13.3. The van der Waals surface area contributed by atoms with Crippen LogP contribution in [0.3, 0.4) is 0 Å². The van der Waals surface area contributed by atoms with E-state index in [2.05, 4.69) is 10.3 Å². The Hall–Kier alpha value is -4.27. The molecule has 1 N–H and O–H groups in total. The minimum absolute atomic E-state index is 0.217. The maximum atomic E-state index is 13.3. The number of aromatic nitrogens is 1. The third-order valence-electron chi connectivity index (χ3n) is 5.31. The van der Waals surface area contributed by atoms with Gasteiger partial charge in [-0.3, -0.25) is 24.3 Å². The maximum Gasteiger partial charge on any atom is 0.265 e. The van der Waals surface area contributed by atoms with Gasteiger partial charge in [-0.05, 0) is 55.0 Å². The first-order valence-electron chi connectivity index (χ1n) is 10.6. The number of hydrogen-bond acceptors (Lipinski definition) is 6. The molecule has 0 spiro atoms. The van der Waals surface area contributed by atoms with Crippen molar-refractivity contribution < 1.29 is 28.2 Å². The Kier molecular flexibility index (Phi) is 6.82. The second kappa shape index (κ2) is 10.1. The molecule has 0 bridgehead atoms. The molecule has 0 fully saturated rings. The van der Waals surface area contributed by atoms with E-state index in [4.69, 9.17) is 9.47 Å². The van der Waals surface area contributed by atoms with Crippen molar-refractivity contribution in [3.63, 3.8) is 0 Å². The average Bonchev–Trinajstić information content (AvgIpc) is 2.85. The number of nitrogens with zero attached hydrogens (tertiary/aromatic N) is 2. The quantitative estimate of drug-likeness (QED) is 0.516. The molecule has 34 heavy (non-hydrogen) atoms. The summed E-state index contributed by atoms with van der Waals surface area (Å²) < 4.78 is 24.2. The first-order chi connectivity index (χ1) is 16.4. The van der Waals surface area contributed by atoms with Crippen molar-refractivity contribution in [3.8, 4) is 11.5 Å². The number of rotatable bonds is 8. The lowest BCUT2D eigenvalue weighted by molar-refractivity contribution is -0.127. The monoisotopic (exact) mass is 463 g/mol. The summed E-state index contributed by atoms with van der Waals surface area (Å²) in [5, 5.41) is 2.81. The molecular weight excluding hydrogens is 441 g/mol. The number of carbonyl (C=O) groups excluding carboxylic acids is 3. The minimum Gasteiger partial charge on any atom is -0.485 e. The molecule has 0 aliphatic carbocycles. The van der Waals surface area contributed by atoms with Gasteiger partial charge in [0.1, 0.15) is 23.4 Å². The summed E-state index contributed by atoms with van der Waals surface area (Å²) in [6, 6.07) is 12.8. The summed E-state index contributed by atoms with van der Waals surface area (Å²) in [6.45, 7) is 1.35. The normalized spacial score (nSPS) is 13.5. The lowest BCUT2D eigenvalue weighted by atomic mass is 10.1. The molecule has 1 atom stereocenters. The predicted octanol–water partition coefficient (Wildman–Crippen LogP) is 2.91. The highest BCUT2D eigenvalue weighted by Gasteiger charge is 2.33. The number of Topliss-reactive ketones (excluding diaryl/α,β-unsaturated/α-hetero) is 1. The van der Waals surface area contributed by atoms with Crippen molar-refractivity contribution in [1.82, 2.24) is 10.3 Å². The summed E-state index contributed by atoms with van der Waals surface area (Å²) in [6.07, 6.45) is 3.26. The number of fused-ring (bicyclic) bond motifs is 1. The molecule has 9 heteroatoms. The highest BCUT2D eigenvalue weighted by atomic mass is 19.1. The molecule has 4 rings (SSSR count). The van der Waals surface area contributed by atoms with Gasteiger partial charge in [-0.25, -0.2) is 4.39 Å². The molecule has 0 radical (unpaired) electrons. The van der Waals surface area contributed by atoms with E-state index >= 15 is 0 Å². The van der Waals surface area contributed by atoms with Crippen LogP contribution in [-0.4, -0.2) is 41.8 Å². The van der Waals surface area contributed by atoms with Gasteiger partial charge in [0, 0.05) is 30.6 Å². The second-order valence-corrected chi connectivity index (χ2v) is 7.65. The number of carbonyl (C=O) groups is 3. The predicted molar refractivity (Wildman–Crippen MR) is 121 cm³/mol. The van der Waals surface area contributed by atoms with Crippen LogP contribution < -0.4 is 19.7 Å². The fraction of sp³-hybridized carbons (Fsp3) is 0.200. The van der Waals surface area contributed by atoms with Crippen molar-refractivity contribution in [3.05, 3.63) is 83.9 Å². The van der Waals surface area contributed by atoms with Crippen LogP contribution in [0.2, 0.25) is 0 Å². The van der Waals surface area contributed by atoms with Gasteiger partial charge in [-0.1, -0.05) is 6.07 Å². The van der Waals surface area contributed by atoms with Crippen molar-refractivity contribution in [2.24, 2.45) is 0 Å². The molecule has 2 aromatic carbocycles. The van der Waals surface area contributed by atoms with Crippen LogP contribution in [0.25, 0.3) is 0 Å². The fourth-order valence-electron chi connectivity index (χ4n) is 3.51. The van der Waals surface area contributed by atoms with Crippen LogP contribution in [0.15, 0.2) is 67.0 Å². The number of benzene rings is 2. The zero-order chi connectivity index (χ0) is 24.1. The summed E-state index contributed by atoms with van der Waals surface area (Å²) in [7, 11) is 0. The Morgan fingerprint density at radius 1 is 1.18 bits per heavy atom. The highest BCUT2D eigenvalue weighted by molar-refractivity contribution is 6.05. The number of amides is 2. The van der Waals surface area contributed by atoms with Crippen LogP contribution in [0.1, 0.15) is 22.8 Å². The molecule has 2 amide bonds. The van der Waals surface area contributed by atoms with Crippen LogP contribution in [0.4, 0.5) is 10.1 Å². The van der Waals surface area contributed by atoms with Gasteiger partial charge in [0.25, 0.3) is 5.91 Å². The molecule has 1 aliphatic rings. The molecule has 0 unspecified atom stereocenters. The first-order valence-corrected chi connectivity index (χ1v) is 10.6. The van der Waals surface area contributed by atoms with Gasteiger partial charge in [0.05, 0.1) is 5.69 Å². The number of halogens is 1. The molecule has 174 valence electrons. The minimum atomic E-state index is -0.842. The Morgan fingerprint density at radius 3 is 2.74 bits per heavy atom. The Bertz CT molecular complexity index is 1220. The smallest absolute Gasteiger partial charge is 0.265 e. The molecule has 2 heterocycles. The SMILES string of the molecule is C[C@@H](C(=O)NCc1ccncc1)N1C(=O)COc2ccc(C(=O)COc3cccc(F)c3)cc21. The Morgan fingerprint density at radius 2 is 1.97 bits per heavy atom. The standard InChI is InChI=1S/C25H22FN3O5/c1-16(25(32)28-13-17-7-9-27-10-8-17)29-21-11-18(5-6-23(21)34-15-24(29)31)22(30)14-33-20-4-2-3-19(26)12-20/h2-12,16H,13-15H2,1H3,(H,28,32)/t16-/m0/s1. The molecule has 1 aromatic heterocycles.